The fourth-order valence-corrected chi connectivity index (χ4v) is 9.41. The summed E-state index contributed by atoms with van der Waals surface area (Å²) in [7, 11) is -1.75. The van der Waals surface area contributed by atoms with Crippen LogP contribution in [0.3, 0.4) is 0 Å². The first-order chi connectivity index (χ1) is 9.85. The summed E-state index contributed by atoms with van der Waals surface area (Å²) in [5.74, 6) is 0. The van der Waals surface area contributed by atoms with Crippen LogP contribution in [0.2, 0.25) is 13.1 Å². The molecule has 0 spiro atoms. The summed E-state index contributed by atoms with van der Waals surface area (Å²) in [4.78, 5) is 0. The molecule has 1 nitrogen and oxygen atoms in total. The monoisotopic (exact) mass is 405 g/mol. The summed E-state index contributed by atoms with van der Waals surface area (Å²) in [6.07, 6.45) is 12.6. The van der Waals surface area contributed by atoms with Gasteiger partial charge in [0.25, 0.3) is 0 Å². The van der Waals surface area contributed by atoms with Crippen LogP contribution in [0, 0.1) is 0 Å². The van der Waals surface area contributed by atoms with Crippen molar-refractivity contribution < 1.29 is 50.0 Å². The van der Waals surface area contributed by atoms with Crippen molar-refractivity contribution in [3.05, 3.63) is 44.5 Å². The Labute approximate surface area is 166 Å². The van der Waals surface area contributed by atoms with E-state index in [4.69, 9.17) is 4.74 Å². The standard InChI is InChI=1S/C18H27OSi.2ClH.Ti/c1-6-13-19-18(12-11-15(2)14-16(18)3)20(4,5)17-9-7-8-10-17;;;/h7,9,11,14H,6,8,12-13H2,1-5H3;2*1H;/q;;;+2/p-2. The molecule has 2 aliphatic carbocycles. The van der Waals surface area contributed by atoms with Crippen molar-refractivity contribution in [2.45, 2.75) is 58.4 Å². The van der Waals surface area contributed by atoms with Gasteiger partial charge in [-0.15, -0.1) is 0 Å². The van der Waals surface area contributed by atoms with Crippen LogP contribution >= 0.6 is 0 Å². The van der Waals surface area contributed by atoms with E-state index in [1.54, 1.807) is 9.07 Å². The normalized spacial score (nSPS) is 24.0. The largest absolute Gasteiger partial charge is 1.00 e. The molecule has 2 aliphatic rings. The van der Waals surface area contributed by atoms with Gasteiger partial charge in [0.2, 0.25) is 0 Å². The van der Waals surface area contributed by atoms with Gasteiger partial charge < -0.3 is 24.8 Å². The van der Waals surface area contributed by atoms with E-state index in [9.17, 15) is 0 Å². The molecule has 1 atom stereocenters. The molecule has 23 heavy (non-hydrogen) atoms. The molecule has 0 saturated carbocycles. The smallest absolute Gasteiger partial charge is 1.00 e. The SMILES string of the molecule is CCCOC1([Si](C)(C)C2=[C]([Ti+2])CC=C2)CC=C(C)C=C1C.[Cl-].[Cl-]. The Morgan fingerprint density at radius 2 is 1.91 bits per heavy atom. The molecule has 0 heterocycles. The van der Waals surface area contributed by atoms with Gasteiger partial charge in [0.1, 0.15) is 0 Å². The fourth-order valence-electron chi connectivity index (χ4n) is 3.67. The van der Waals surface area contributed by atoms with Gasteiger partial charge in [-0.1, -0.05) is 0 Å². The zero-order valence-electron chi connectivity index (χ0n) is 14.8. The van der Waals surface area contributed by atoms with Crippen LogP contribution in [0.1, 0.15) is 40.0 Å². The van der Waals surface area contributed by atoms with Crippen molar-refractivity contribution in [3.63, 3.8) is 0 Å². The number of hydrogen-bond donors (Lipinski definition) is 0. The van der Waals surface area contributed by atoms with Crippen molar-refractivity contribution in [1.29, 1.82) is 0 Å². The minimum absolute atomic E-state index is 0. The number of allylic oxidation sites excluding steroid dienone is 6. The molecule has 0 N–H and O–H groups in total. The Morgan fingerprint density at radius 3 is 2.39 bits per heavy atom. The van der Waals surface area contributed by atoms with Gasteiger partial charge in [-0.25, -0.2) is 0 Å². The van der Waals surface area contributed by atoms with Crippen LogP contribution in [0.4, 0.5) is 0 Å². The van der Waals surface area contributed by atoms with Crippen molar-refractivity contribution in [2.75, 3.05) is 6.61 Å². The Hall–Kier alpha value is 0.431. The molecule has 0 aliphatic heterocycles. The molecule has 0 bridgehead atoms. The van der Waals surface area contributed by atoms with E-state index in [1.807, 2.05) is 0 Å². The average molecular weight is 406 g/mol. The second-order valence-electron chi connectivity index (χ2n) is 6.78. The van der Waals surface area contributed by atoms with Crippen LogP contribution in [0.25, 0.3) is 0 Å². The molecule has 0 fully saturated rings. The fraction of sp³-hybridized carbons (Fsp3) is 0.556. The van der Waals surface area contributed by atoms with Gasteiger partial charge in [0.05, 0.1) is 0 Å². The zero-order valence-corrected chi connectivity index (χ0v) is 18.9. The molecule has 0 radical (unpaired) electrons. The van der Waals surface area contributed by atoms with Crippen molar-refractivity contribution >= 4 is 8.07 Å². The minimum atomic E-state index is -1.75. The van der Waals surface area contributed by atoms with Crippen molar-refractivity contribution in [3.8, 4) is 0 Å². The molecule has 0 amide bonds. The van der Waals surface area contributed by atoms with Gasteiger partial charge >= 0.3 is 143 Å². The van der Waals surface area contributed by atoms with Gasteiger partial charge in [-0.3, -0.25) is 0 Å². The maximum atomic E-state index is 6.59. The summed E-state index contributed by atoms with van der Waals surface area (Å²) in [5.41, 5.74) is 2.80. The first-order valence-corrected chi connectivity index (χ1v) is 11.7. The second-order valence-corrected chi connectivity index (χ2v) is 12.3. The Bertz CT molecular complexity index is 549. The molecule has 0 aromatic heterocycles. The Morgan fingerprint density at radius 1 is 1.26 bits per heavy atom. The van der Waals surface area contributed by atoms with Crippen LogP contribution in [-0.4, -0.2) is 19.9 Å². The first kappa shape index (κ1) is 23.4. The molecule has 0 aromatic carbocycles. The molecular formula is C18H27Cl2OSiTi. The molecule has 0 saturated heterocycles. The van der Waals surface area contributed by atoms with Gasteiger partial charge in [0.15, 0.2) is 0 Å². The van der Waals surface area contributed by atoms with E-state index < -0.39 is 8.07 Å². The minimum Gasteiger partial charge on any atom is -1.00 e. The van der Waals surface area contributed by atoms with Crippen molar-refractivity contribution in [1.82, 2.24) is 0 Å². The Balaban J connectivity index is 0.00000242. The molecular weight excluding hydrogens is 379 g/mol. The maximum absolute atomic E-state index is 6.59. The van der Waals surface area contributed by atoms with Crippen LogP contribution < -0.4 is 24.8 Å². The first-order valence-electron chi connectivity index (χ1n) is 7.96. The molecule has 1 unspecified atom stereocenters. The van der Waals surface area contributed by atoms with Crippen LogP contribution in [0.5, 0.6) is 0 Å². The third kappa shape index (κ3) is 4.34. The predicted octanol–water partition coefficient (Wildman–Crippen LogP) is -0.996. The van der Waals surface area contributed by atoms with Crippen LogP contribution in [0.15, 0.2) is 44.5 Å². The van der Waals surface area contributed by atoms with E-state index in [1.165, 1.54) is 11.1 Å². The third-order valence-electron chi connectivity index (χ3n) is 4.96. The van der Waals surface area contributed by atoms with Gasteiger partial charge in [-0.2, -0.15) is 0 Å². The van der Waals surface area contributed by atoms with E-state index in [-0.39, 0.29) is 30.0 Å². The number of hydrogen-bond acceptors (Lipinski definition) is 1. The summed E-state index contributed by atoms with van der Waals surface area (Å²) in [5, 5.41) is 1.52. The molecule has 127 valence electrons. The second kappa shape index (κ2) is 9.22. The van der Waals surface area contributed by atoms with E-state index >= 15 is 0 Å². The van der Waals surface area contributed by atoms with Gasteiger partial charge in [0, 0.05) is 0 Å². The molecule has 5 heteroatoms. The van der Waals surface area contributed by atoms with Crippen molar-refractivity contribution in [2.24, 2.45) is 0 Å². The van der Waals surface area contributed by atoms with E-state index in [0.717, 1.165) is 25.9 Å². The number of ether oxygens (including phenoxy) is 1. The number of rotatable bonds is 5. The molecule has 0 aromatic rings. The average Bonchev–Trinajstić information content (AvgIpc) is 2.85. The van der Waals surface area contributed by atoms with Gasteiger partial charge in [-0.05, 0) is 0 Å². The summed E-state index contributed by atoms with van der Waals surface area (Å²) in [6, 6.07) is 0. The summed E-state index contributed by atoms with van der Waals surface area (Å²) < 4.78 is 8.13. The predicted molar refractivity (Wildman–Crippen MR) is 89.4 cm³/mol. The third-order valence-corrected chi connectivity index (χ3v) is 10.7. The maximum Gasteiger partial charge on any atom is -1.00 e. The van der Waals surface area contributed by atoms with Crippen LogP contribution in [-0.2, 0) is 25.2 Å². The molecule has 2 rings (SSSR count). The topological polar surface area (TPSA) is 9.23 Å². The summed E-state index contributed by atoms with van der Waals surface area (Å²) >= 11 is 2.29. The van der Waals surface area contributed by atoms with E-state index in [2.05, 4.69) is 78.6 Å². The quantitative estimate of drug-likeness (QED) is 0.533. The number of halogens is 2. The Kier molecular flexibility index (Phi) is 9.39. The summed E-state index contributed by atoms with van der Waals surface area (Å²) in [6.45, 7) is 12.5. The van der Waals surface area contributed by atoms with E-state index in [0.29, 0.717) is 0 Å². The zero-order chi connectivity index (χ0) is 15.7.